The summed E-state index contributed by atoms with van der Waals surface area (Å²) >= 11 is 0. The van der Waals surface area contributed by atoms with E-state index in [9.17, 15) is 0 Å². The Labute approximate surface area is 98.1 Å². The van der Waals surface area contributed by atoms with E-state index in [0.29, 0.717) is 0 Å². The molecule has 0 aromatic rings. The maximum atomic E-state index is 5.65. The predicted octanol–water partition coefficient (Wildman–Crippen LogP) is 2.68. The zero-order valence-electron chi connectivity index (χ0n) is 10.1. The van der Waals surface area contributed by atoms with Gasteiger partial charge < -0.3 is 14.2 Å². The Hall–Kier alpha value is -0.640. The van der Waals surface area contributed by atoms with Crippen LogP contribution in [0.4, 0.5) is 0 Å². The second kappa shape index (κ2) is 8.50. The number of hydrogen-bond acceptors (Lipinski definition) is 3. The molecular formula is C13H22O3. The summed E-state index contributed by atoms with van der Waals surface area (Å²) in [6.45, 7) is 7.86. The lowest BCUT2D eigenvalue weighted by atomic mass is 10.1. The lowest BCUT2D eigenvalue weighted by Crippen LogP contribution is -2.16. The molecule has 0 aliphatic carbocycles. The highest BCUT2D eigenvalue weighted by atomic mass is 16.7. The maximum Gasteiger partial charge on any atom is 0.157 e. The fraction of sp³-hybridized carbons (Fsp3) is 0.692. The van der Waals surface area contributed by atoms with Gasteiger partial charge in [0.15, 0.2) is 6.29 Å². The van der Waals surface area contributed by atoms with E-state index in [0.717, 1.165) is 39.1 Å². The smallest absolute Gasteiger partial charge is 0.157 e. The van der Waals surface area contributed by atoms with Gasteiger partial charge in [-0.3, -0.25) is 0 Å². The van der Waals surface area contributed by atoms with Gasteiger partial charge in [0.1, 0.15) is 0 Å². The van der Waals surface area contributed by atoms with Crippen LogP contribution in [0.2, 0.25) is 0 Å². The van der Waals surface area contributed by atoms with Gasteiger partial charge in [0.05, 0.1) is 19.3 Å². The normalized spacial score (nSPS) is 19.3. The van der Waals surface area contributed by atoms with E-state index < -0.39 is 0 Å². The zero-order chi connectivity index (χ0) is 11.6. The van der Waals surface area contributed by atoms with E-state index in [1.165, 1.54) is 0 Å². The molecule has 1 aliphatic rings. The summed E-state index contributed by atoms with van der Waals surface area (Å²) in [7, 11) is 0. The van der Waals surface area contributed by atoms with E-state index in [2.05, 4.69) is 12.7 Å². The fourth-order valence-corrected chi connectivity index (χ4v) is 1.73. The van der Waals surface area contributed by atoms with Gasteiger partial charge in [-0.2, -0.15) is 0 Å². The number of rotatable bonds is 8. The monoisotopic (exact) mass is 226 g/mol. The number of allylic oxidation sites excluding steroid dienone is 2. The van der Waals surface area contributed by atoms with E-state index in [4.69, 9.17) is 14.2 Å². The van der Waals surface area contributed by atoms with Gasteiger partial charge in [0.25, 0.3) is 0 Å². The van der Waals surface area contributed by atoms with Crippen molar-refractivity contribution in [3.05, 3.63) is 24.8 Å². The van der Waals surface area contributed by atoms with Crippen LogP contribution >= 0.6 is 0 Å². The molecule has 0 bridgehead atoms. The van der Waals surface area contributed by atoms with Crippen LogP contribution in [-0.4, -0.2) is 32.2 Å². The summed E-state index contributed by atoms with van der Waals surface area (Å²) in [6.07, 6.45) is 8.87. The quantitative estimate of drug-likeness (QED) is 0.595. The van der Waals surface area contributed by atoms with Crippen LogP contribution in [0.15, 0.2) is 24.8 Å². The lowest BCUT2D eigenvalue weighted by molar-refractivity contribution is -0.0583. The van der Waals surface area contributed by atoms with Crippen LogP contribution < -0.4 is 0 Å². The molecule has 0 N–H and O–H groups in total. The van der Waals surface area contributed by atoms with Crippen molar-refractivity contribution in [3.63, 3.8) is 0 Å². The molecular weight excluding hydrogens is 204 g/mol. The Kier molecular flexibility index (Phi) is 7.14. The first-order valence-electron chi connectivity index (χ1n) is 5.99. The molecule has 1 saturated heterocycles. The Morgan fingerprint density at radius 3 is 2.81 bits per heavy atom. The molecule has 0 radical (unpaired) electrons. The second-order valence-corrected chi connectivity index (χ2v) is 3.73. The highest BCUT2D eigenvalue weighted by Crippen LogP contribution is 2.15. The molecule has 92 valence electrons. The summed E-state index contributed by atoms with van der Waals surface area (Å²) in [5.74, 6) is 0. The molecule has 0 aromatic heterocycles. The molecule has 1 rings (SSSR count). The van der Waals surface area contributed by atoms with Crippen LogP contribution in [0, 0.1) is 0 Å². The van der Waals surface area contributed by atoms with Gasteiger partial charge in [0.2, 0.25) is 0 Å². The highest BCUT2D eigenvalue weighted by molar-refractivity contribution is 4.97. The average Bonchev–Trinajstić information content (AvgIpc) is 2.79. The third kappa shape index (κ3) is 5.45. The minimum Gasteiger partial charge on any atom is -0.378 e. The summed E-state index contributed by atoms with van der Waals surface area (Å²) in [5, 5.41) is 0. The number of ether oxygens (including phenoxy) is 3. The van der Waals surface area contributed by atoms with Gasteiger partial charge in [0, 0.05) is 13.0 Å². The Balaban J connectivity index is 2.20. The summed E-state index contributed by atoms with van der Waals surface area (Å²) < 4.78 is 16.4. The molecule has 0 aromatic carbocycles. The molecule has 3 nitrogen and oxygen atoms in total. The van der Waals surface area contributed by atoms with Crippen LogP contribution in [0.1, 0.15) is 26.2 Å². The van der Waals surface area contributed by atoms with Gasteiger partial charge in [-0.15, -0.1) is 0 Å². The van der Waals surface area contributed by atoms with Crippen molar-refractivity contribution in [1.29, 1.82) is 0 Å². The van der Waals surface area contributed by atoms with Crippen molar-refractivity contribution in [1.82, 2.24) is 0 Å². The third-order valence-corrected chi connectivity index (χ3v) is 2.49. The highest BCUT2D eigenvalue weighted by Gasteiger charge is 2.17. The Morgan fingerprint density at radius 1 is 1.44 bits per heavy atom. The van der Waals surface area contributed by atoms with Crippen LogP contribution in [0.25, 0.3) is 0 Å². The van der Waals surface area contributed by atoms with Gasteiger partial charge in [-0.1, -0.05) is 24.8 Å². The van der Waals surface area contributed by atoms with Crippen LogP contribution in [-0.2, 0) is 14.2 Å². The van der Waals surface area contributed by atoms with Crippen molar-refractivity contribution < 1.29 is 14.2 Å². The Morgan fingerprint density at radius 2 is 2.19 bits per heavy atom. The first-order chi connectivity index (χ1) is 7.86. The largest absolute Gasteiger partial charge is 0.378 e. The summed E-state index contributed by atoms with van der Waals surface area (Å²) in [6, 6.07) is 0. The van der Waals surface area contributed by atoms with E-state index in [-0.39, 0.29) is 12.4 Å². The first kappa shape index (κ1) is 13.4. The van der Waals surface area contributed by atoms with Gasteiger partial charge in [-0.05, 0) is 19.8 Å². The SMILES string of the molecule is C=C/C=C\CC(CCC1OCCO1)OCC. The molecule has 1 heterocycles. The number of hydrogen-bond donors (Lipinski definition) is 0. The molecule has 1 atom stereocenters. The summed E-state index contributed by atoms with van der Waals surface area (Å²) in [4.78, 5) is 0. The van der Waals surface area contributed by atoms with E-state index in [1.807, 2.05) is 13.0 Å². The molecule has 1 unspecified atom stereocenters. The minimum absolute atomic E-state index is 0.0219. The average molecular weight is 226 g/mol. The first-order valence-corrected chi connectivity index (χ1v) is 5.99. The summed E-state index contributed by atoms with van der Waals surface area (Å²) in [5.41, 5.74) is 0. The van der Waals surface area contributed by atoms with E-state index >= 15 is 0 Å². The third-order valence-electron chi connectivity index (χ3n) is 2.49. The van der Waals surface area contributed by atoms with Crippen molar-refractivity contribution >= 4 is 0 Å². The zero-order valence-corrected chi connectivity index (χ0v) is 10.1. The maximum absolute atomic E-state index is 5.65. The van der Waals surface area contributed by atoms with Gasteiger partial charge >= 0.3 is 0 Å². The molecule has 0 saturated carbocycles. The molecule has 16 heavy (non-hydrogen) atoms. The standard InChI is InChI=1S/C13H22O3/c1-3-5-6-7-12(14-4-2)8-9-13-15-10-11-16-13/h3,5-6,12-13H,1,4,7-11H2,2H3/b6-5-. The van der Waals surface area contributed by atoms with Crippen LogP contribution in [0.5, 0.6) is 0 Å². The van der Waals surface area contributed by atoms with E-state index in [1.54, 1.807) is 6.08 Å². The predicted molar refractivity (Wildman–Crippen MR) is 64.3 cm³/mol. The lowest BCUT2D eigenvalue weighted by Gasteiger charge is -2.17. The van der Waals surface area contributed by atoms with Crippen molar-refractivity contribution in [2.75, 3.05) is 19.8 Å². The Bertz CT molecular complexity index is 207. The molecule has 1 aliphatic heterocycles. The fourth-order valence-electron chi connectivity index (χ4n) is 1.73. The molecule has 0 amide bonds. The topological polar surface area (TPSA) is 27.7 Å². The van der Waals surface area contributed by atoms with Gasteiger partial charge in [-0.25, -0.2) is 0 Å². The minimum atomic E-state index is -0.0219. The molecule has 3 heteroatoms. The molecule has 1 fully saturated rings. The van der Waals surface area contributed by atoms with Crippen LogP contribution in [0.3, 0.4) is 0 Å². The van der Waals surface area contributed by atoms with Crippen molar-refractivity contribution in [2.24, 2.45) is 0 Å². The second-order valence-electron chi connectivity index (χ2n) is 3.73. The van der Waals surface area contributed by atoms with Crippen molar-refractivity contribution in [3.8, 4) is 0 Å². The molecule has 0 spiro atoms. The van der Waals surface area contributed by atoms with Crippen molar-refractivity contribution in [2.45, 2.75) is 38.6 Å².